The van der Waals surface area contributed by atoms with Gasteiger partial charge in [-0.15, -0.1) is 0 Å². The summed E-state index contributed by atoms with van der Waals surface area (Å²) in [7, 11) is 0. The molecule has 0 fully saturated rings. The molecular weight excluding hydrogens is 296 g/mol. The number of nitrogens with zero attached hydrogens (tertiary/aromatic N) is 2. The van der Waals surface area contributed by atoms with Crippen molar-refractivity contribution in [3.8, 4) is 12.1 Å². The van der Waals surface area contributed by atoms with Crippen LogP contribution in [0.5, 0.6) is 0 Å². The van der Waals surface area contributed by atoms with Crippen LogP contribution in [0.4, 0.5) is 0 Å². The van der Waals surface area contributed by atoms with Crippen molar-refractivity contribution in [2.24, 2.45) is 0 Å². The lowest BCUT2D eigenvalue weighted by molar-refractivity contribution is -0.146. The van der Waals surface area contributed by atoms with E-state index in [0.717, 1.165) is 0 Å². The molecule has 1 aromatic carbocycles. The van der Waals surface area contributed by atoms with Crippen molar-refractivity contribution in [1.82, 2.24) is 0 Å². The normalized spacial score (nSPS) is 9.70. The molecule has 6 nitrogen and oxygen atoms in total. The maximum Gasteiger partial charge on any atom is 0.333 e. The number of carbonyl (C=O) groups excluding carboxylic acids is 2. The van der Waals surface area contributed by atoms with E-state index in [9.17, 15) is 9.59 Å². The molecular formula is C17H14N2O4. The maximum absolute atomic E-state index is 11.5. The molecule has 0 heterocycles. The molecule has 116 valence electrons. The first kappa shape index (κ1) is 17.7. The summed E-state index contributed by atoms with van der Waals surface area (Å²) in [6.45, 7) is 4.81. The molecule has 0 spiro atoms. The zero-order valence-electron chi connectivity index (χ0n) is 12.5. The van der Waals surface area contributed by atoms with Gasteiger partial charge in [0.05, 0.1) is 11.1 Å². The number of ether oxygens (including phenoxy) is 2. The summed E-state index contributed by atoms with van der Waals surface area (Å²) < 4.78 is 9.61. The van der Waals surface area contributed by atoms with Gasteiger partial charge in [0, 0.05) is 11.6 Å². The van der Waals surface area contributed by atoms with E-state index in [1.54, 1.807) is 6.07 Å². The summed E-state index contributed by atoms with van der Waals surface area (Å²) >= 11 is 0. The highest BCUT2D eigenvalue weighted by atomic mass is 16.6. The molecule has 0 aromatic heterocycles. The fourth-order valence-corrected chi connectivity index (χ4v) is 1.47. The van der Waals surface area contributed by atoms with Crippen LogP contribution in [0.25, 0.3) is 6.08 Å². The van der Waals surface area contributed by atoms with Crippen LogP contribution in [0.15, 0.2) is 36.4 Å². The van der Waals surface area contributed by atoms with Crippen LogP contribution >= 0.6 is 0 Å². The Balaban J connectivity index is 2.50. The molecule has 1 rings (SSSR count). The number of esters is 2. The van der Waals surface area contributed by atoms with Gasteiger partial charge in [-0.2, -0.15) is 10.5 Å². The Morgan fingerprint density at radius 1 is 1.17 bits per heavy atom. The van der Waals surface area contributed by atoms with E-state index in [4.69, 9.17) is 20.0 Å². The van der Waals surface area contributed by atoms with Crippen LogP contribution in [0.2, 0.25) is 0 Å². The molecule has 0 aliphatic rings. The van der Waals surface area contributed by atoms with Crippen LogP contribution in [0.1, 0.15) is 23.6 Å². The second-order valence-corrected chi connectivity index (χ2v) is 4.45. The molecule has 0 aliphatic heterocycles. The van der Waals surface area contributed by atoms with Gasteiger partial charge < -0.3 is 9.47 Å². The van der Waals surface area contributed by atoms with E-state index in [1.165, 1.54) is 31.2 Å². The first-order chi connectivity index (χ1) is 11.0. The van der Waals surface area contributed by atoms with Gasteiger partial charge in [0.2, 0.25) is 0 Å². The molecule has 0 radical (unpaired) electrons. The lowest BCUT2D eigenvalue weighted by atomic mass is 10.1. The summed E-state index contributed by atoms with van der Waals surface area (Å²) in [5.41, 5.74) is 1.36. The standard InChI is InChI=1S/C17H14N2O4/c1-12(2)17(21)23-8-7-22-16(20)6-4-13-3-5-14(10-18)15(9-13)11-19/h3-6,9H,1,7-8H2,2H3/b6-4+. The van der Waals surface area contributed by atoms with Gasteiger partial charge in [0.1, 0.15) is 25.4 Å². The second-order valence-electron chi connectivity index (χ2n) is 4.45. The summed E-state index contributed by atoms with van der Waals surface area (Å²) in [5.74, 6) is -1.16. The Bertz CT molecular complexity index is 736. The molecule has 0 atom stereocenters. The van der Waals surface area contributed by atoms with Crippen molar-refractivity contribution in [1.29, 1.82) is 10.5 Å². The predicted octanol–water partition coefficient (Wildman–Crippen LogP) is 2.11. The van der Waals surface area contributed by atoms with Crippen molar-refractivity contribution in [3.05, 3.63) is 53.1 Å². The third kappa shape index (κ3) is 5.86. The van der Waals surface area contributed by atoms with E-state index in [1.807, 2.05) is 12.1 Å². The van der Waals surface area contributed by atoms with Gasteiger partial charge in [0.25, 0.3) is 0 Å². The third-order valence-electron chi connectivity index (χ3n) is 2.61. The predicted molar refractivity (Wildman–Crippen MR) is 81.6 cm³/mol. The summed E-state index contributed by atoms with van der Waals surface area (Å²) in [6.07, 6.45) is 2.65. The Hall–Kier alpha value is -3.38. The number of nitriles is 2. The van der Waals surface area contributed by atoms with Crippen molar-refractivity contribution >= 4 is 18.0 Å². The highest BCUT2D eigenvalue weighted by Crippen LogP contribution is 2.11. The minimum absolute atomic E-state index is 0.0548. The molecule has 0 aliphatic carbocycles. The van der Waals surface area contributed by atoms with Crippen LogP contribution in [0.3, 0.4) is 0 Å². The smallest absolute Gasteiger partial charge is 0.333 e. The molecule has 0 amide bonds. The summed E-state index contributed by atoms with van der Waals surface area (Å²) in [5, 5.41) is 17.7. The van der Waals surface area contributed by atoms with E-state index >= 15 is 0 Å². The molecule has 1 aromatic rings. The summed E-state index contributed by atoms with van der Waals surface area (Å²) in [4.78, 5) is 22.6. The van der Waals surface area contributed by atoms with Crippen LogP contribution in [-0.2, 0) is 19.1 Å². The zero-order valence-corrected chi connectivity index (χ0v) is 12.5. The quantitative estimate of drug-likeness (QED) is 0.453. The van der Waals surface area contributed by atoms with Crippen molar-refractivity contribution < 1.29 is 19.1 Å². The minimum atomic E-state index is -0.612. The average molecular weight is 310 g/mol. The number of hydrogen-bond donors (Lipinski definition) is 0. The molecule has 6 heteroatoms. The fourth-order valence-electron chi connectivity index (χ4n) is 1.47. The average Bonchev–Trinajstić information content (AvgIpc) is 2.56. The minimum Gasteiger partial charge on any atom is -0.459 e. The number of benzene rings is 1. The second kappa shape index (κ2) is 8.81. The van der Waals surface area contributed by atoms with E-state index in [-0.39, 0.29) is 29.9 Å². The van der Waals surface area contributed by atoms with Crippen molar-refractivity contribution in [3.63, 3.8) is 0 Å². The van der Waals surface area contributed by atoms with Gasteiger partial charge in [-0.1, -0.05) is 12.6 Å². The first-order valence-electron chi connectivity index (χ1n) is 6.59. The number of hydrogen-bond acceptors (Lipinski definition) is 6. The van der Waals surface area contributed by atoms with Gasteiger partial charge in [-0.25, -0.2) is 9.59 Å². The Morgan fingerprint density at radius 3 is 2.43 bits per heavy atom. The van der Waals surface area contributed by atoms with Crippen LogP contribution in [-0.4, -0.2) is 25.2 Å². The molecule has 23 heavy (non-hydrogen) atoms. The Kier molecular flexibility index (Phi) is 6.77. The van der Waals surface area contributed by atoms with Gasteiger partial charge in [0.15, 0.2) is 0 Å². The highest BCUT2D eigenvalue weighted by molar-refractivity contribution is 5.87. The van der Waals surface area contributed by atoms with E-state index in [0.29, 0.717) is 5.56 Å². The van der Waals surface area contributed by atoms with E-state index in [2.05, 4.69) is 6.58 Å². The molecule has 0 N–H and O–H groups in total. The molecule has 0 saturated carbocycles. The van der Waals surface area contributed by atoms with Gasteiger partial charge >= 0.3 is 11.9 Å². The maximum atomic E-state index is 11.5. The first-order valence-corrected chi connectivity index (χ1v) is 6.59. The third-order valence-corrected chi connectivity index (χ3v) is 2.61. The Labute approximate surface area is 133 Å². The van der Waals surface area contributed by atoms with Crippen molar-refractivity contribution in [2.75, 3.05) is 13.2 Å². The fraction of sp³-hybridized carbons (Fsp3) is 0.176. The lowest BCUT2D eigenvalue weighted by Gasteiger charge is -2.04. The highest BCUT2D eigenvalue weighted by Gasteiger charge is 2.04. The summed E-state index contributed by atoms with van der Waals surface area (Å²) in [6, 6.07) is 8.42. The monoisotopic (exact) mass is 310 g/mol. The SMILES string of the molecule is C=C(C)C(=O)OCCOC(=O)/C=C/c1ccc(C#N)c(C#N)c1. The molecule has 0 saturated heterocycles. The van der Waals surface area contributed by atoms with E-state index < -0.39 is 11.9 Å². The zero-order chi connectivity index (χ0) is 17.2. The van der Waals surface area contributed by atoms with Crippen molar-refractivity contribution in [2.45, 2.75) is 6.92 Å². The van der Waals surface area contributed by atoms with Crippen LogP contribution < -0.4 is 0 Å². The topological polar surface area (TPSA) is 100 Å². The lowest BCUT2D eigenvalue weighted by Crippen LogP contribution is -2.12. The number of carbonyl (C=O) groups is 2. The van der Waals surface area contributed by atoms with Gasteiger partial charge in [-0.05, 0) is 30.7 Å². The number of rotatable bonds is 6. The van der Waals surface area contributed by atoms with Crippen LogP contribution in [0, 0.1) is 22.7 Å². The molecule has 0 unspecified atom stereocenters. The molecule has 0 bridgehead atoms. The Morgan fingerprint density at radius 2 is 1.83 bits per heavy atom. The largest absolute Gasteiger partial charge is 0.459 e. The van der Waals surface area contributed by atoms with Gasteiger partial charge in [-0.3, -0.25) is 0 Å².